The molecular weight excluding hydrogens is 426 g/mol. The van der Waals surface area contributed by atoms with E-state index in [1.165, 1.54) is 0 Å². The standard InChI is InChI=1S/C27H27N5O2/c1-17-11-13-32(25-5-3-2-4-23(25)30-17)27(34)20-6-8-21(24(15-20)31-26(33)16-28)18-7-9-22-19(14-18)10-12-29-22/h2-10,12,14-15,17,29-30H,11,13,16,28H2,1H3,(H,31,33). The third-order valence-electron chi connectivity index (χ3n) is 6.22. The van der Waals surface area contributed by atoms with Crippen LogP contribution in [0.5, 0.6) is 0 Å². The van der Waals surface area contributed by atoms with Crippen LogP contribution >= 0.6 is 0 Å². The summed E-state index contributed by atoms with van der Waals surface area (Å²) in [4.78, 5) is 30.9. The first-order valence-electron chi connectivity index (χ1n) is 11.4. The number of aromatic nitrogens is 1. The minimum Gasteiger partial charge on any atom is -0.381 e. The molecule has 7 heteroatoms. The van der Waals surface area contributed by atoms with Crippen molar-refractivity contribution in [1.29, 1.82) is 0 Å². The van der Waals surface area contributed by atoms with Crippen LogP contribution in [0.4, 0.5) is 17.1 Å². The number of rotatable bonds is 4. The van der Waals surface area contributed by atoms with E-state index in [-0.39, 0.29) is 24.4 Å². The second kappa shape index (κ2) is 9.03. The molecule has 1 aliphatic heterocycles. The lowest BCUT2D eigenvalue weighted by atomic mass is 9.99. The maximum atomic E-state index is 13.7. The molecule has 7 nitrogen and oxygen atoms in total. The first-order chi connectivity index (χ1) is 16.5. The summed E-state index contributed by atoms with van der Waals surface area (Å²) < 4.78 is 0. The van der Waals surface area contributed by atoms with Crippen molar-refractivity contribution in [1.82, 2.24) is 4.98 Å². The van der Waals surface area contributed by atoms with Crippen molar-refractivity contribution in [3.05, 3.63) is 78.5 Å². The Balaban J connectivity index is 1.55. The highest BCUT2D eigenvalue weighted by molar-refractivity contribution is 6.10. The number of carbonyl (C=O) groups is 2. The van der Waals surface area contributed by atoms with Gasteiger partial charge in [-0.15, -0.1) is 0 Å². The largest absolute Gasteiger partial charge is 0.381 e. The van der Waals surface area contributed by atoms with Crippen LogP contribution in [-0.2, 0) is 4.79 Å². The molecule has 0 spiro atoms. The minimum atomic E-state index is -0.313. The molecule has 0 radical (unpaired) electrons. The monoisotopic (exact) mass is 453 g/mol. The van der Waals surface area contributed by atoms with Crippen molar-refractivity contribution >= 4 is 39.8 Å². The minimum absolute atomic E-state index is 0.112. The van der Waals surface area contributed by atoms with Crippen LogP contribution < -0.4 is 21.3 Å². The molecule has 172 valence electrons. The summed E-state index contributed by atoms with van der Waals surface area (Å²) in [6.45, 7) is 2.57. The highest BCUT2D eigenvalue weighted by Gasteiger charge is 2.25. The van der Waals surface area contributed by atoms with Crippen LogP contribution in [0.2, 0.25) is 0 Å². The predicted octanol–water partition coefficient (Wildman–Crippen LogP) is 4.58. The number of aromatic amines is 1. The van der Waals surface area contributed by atoms with Gasteiger partial charge in [0.25, 0.3) is 5.91 Å². The van der Waals surface area contributed by atoms with E-state index >= 15 is 0 Å². The van der Waals surface area contributed by atoms with Crippen molar-refractivity contribution in [2.45, 2.75) is 19.4 Å². The highest BCUT2D eigenvalue weighted by atomic mass is 16.2. The number of H-pyrrole nitrogens is 1. The van der Waals surface area contributed by atoms with E-state index < -0.39 is 0 Å². The number of anilines is 3. The summed E-state index contributed by atoms with van der Waals surface area (Å²) in [5.41, 5.74) is 11.2. The van der Waals surface area contributed by atoms with Gasteiger partial charge in [-0.1, -0.05) is 24.3 Å². The lowest BCUT2D eigenvalue weighted by molar-refractivity contribution is -0.114. The molecular formula is C27H27N5O2. The highest BCUT2D eigenvalue weighted by Crippen LogP contribution is 2.34. The second-order valence-corrected chi connectivity index (χ2v) is 8.60. The third-order valence-corrected chi connectivity index (χ3v) is 6.22. The van der Waals surface area contributed by atoms with Crippen molar-refractivity contribution in [3.63, 3.8) is 0 Å². The quantitative estimate of drug-likeness (QED) is 0.363. The molecule has 5 rings (SSSR count). The lowest BCUT2D eigenvalue weighted by Gasteiger charge is -2.23. The van der Waals surface area contributed by atoms with E-state index in [0.717, 1.165) is 39.8 Å². The number of nitrogens with zero attached hydrogens (tertiary/aromatic N) is 1. The molecule has 4 aromatic rings. The molecule has 0 bridgehead atoms. The van der Waals surface area contributed by atoms with Gasteiger partial charge in [0.2, 0.25) is 5.91 Å². The SMILES string of the molecule is CC1CCN(C(=O)c2ccc(-c3ccc4[nH]ccc4c3)c(NC(=O)CN)c2)c2ccccc2N1. The lowest BCUT2D eigenvalue weighted by Crippen LogP contribution is -2.32. The summed E-state index contributed by atoms with van der Waals surface area (Å²) in [5.74, 6) is -0.425. The van der Waals surface area contributed by atoms with Crippen molar-refractivity contribution < 1.29 is 9.59 Å². The van der Waals surface area contributed by atoms with E-state index in [1.54, 1.807) is 11.0 Å². The molecule has 3 aromatic carbocycles. The van der Waals surface area contributed by atoms with Gasteiger partial charge in [0.15, 0.2) is 0 Å². The Kier molecular flexibility index (Phi) is 5.77. The topological polar surface area (TPSA) is 103 Å². The van der Waals surface area contributed by atoms with Crippen LogP contribution in [0.15, 0.2) is 72.9 Å². The van der Waals surface area contributed by atoms with Crippen LogP contribution in [-0.4, -0.2) is 35.9 Å². The number of carbonyl (C=O) groups excluding carboxylic acids is 2. The normalized spacial score (nSPS) is 15.4. The van der Waals surface area contributed by atoms with Gasteiger partial charge >= 0.3 is 0 Å². The maximum absolute atomic E-state index is 13.7. The molecule has 1 aliphatic rings. The van der Waals surface area contributed by atoms with Crippen molar-refractivity contribution in [3.8, 4) is 11.1 Å². The second-order valence-electron chi connectivity index (χ2n) is 8.60. The van der Waals surface area contributed by atoms with Gasteiger partial charge in [-0.2, -0.15) is 0 Å². The van der Waals surface area contributed by atoms with Crippen LogP contribution in [0, 0.1) is 0 Å². The summed E-state index contributed by atoms with van der Waals surface area (Å²) in [7, 11) is 0. The smallest absolute Gasteiger partial charge is 0.258 e. The first kappa shape index (κ1) is 21.7. The number of amides is 2. The van der Waals surface area contributed by atoms with E-state index in [4.69, 9.17) is 5.73 Å². The van der Waals surface area contributed by atoms with Gasteiger partial charge in [0.05, 0.1) is 17.9 Å². The predicted molar refractivity (Wildman–Crippen MR) is 137 cm³/mol. The van der Waals surface area contributed by atoms with Gasteiger partial charge in [0, 0.05) is 41.1 Å². The summed E-state index contributed by atoms with van der Waals surface area (Å²) in [6, 6.07) is 21.6. The average Bonchev–Trinajstić information content (AvgIpc) is 3.25. The third kappa shape index (κ3) is 4.13. The molecule has 0 fully saturated rings. The Morgan fingerprint density at radius 1 is 1.09 bits per heavy atom. The van der Waals surface area contributed by atoms with E-state index in [2.05, 4.69) is 28.6 Å². The Hall–Kier alpha value is -4.10. The van der Waals surface area contributed by atoms with Crippen LogP contribution in [0.25, 0.3) is 22.0 Å². The van der Waals surface area contributed by atoms with Crippen molar-refractivity contribution in [2.75, 3.05) is 28.6 Å². The number of nitrogens with two attached hydrogens (primary N) is 1. The summed E-state index contributed by atoms with van der Waals surface area (Å²) in [6.07, 6.45) is 2.72. The number of benzene rings is 3. The average molecular weight is 454 g/mol. The number of hydrogen-bond donors (Lipinski definition) is 4. The number of fused-ring (bicyclic) bond motifs is 2. The molecule has 1 unspecified atom stereocenters. The zero-order valence-electron chi connectivity index (χ0n) is 19.0. The zero-order chi connectivity index (χ0) is 23.7. The number of nitrogens with one attached hydrogen (secondary N) is 3. The van der Waals surface area contributed by atoms with Crippen molar-refractivity contribution in [2.24, 2.45) is 5.73 Å². The molecule has 1 aromatic heterocycles. The number of para-hydroxylation sites is 2. The maximum Gasteiger partial charge on any atom is 0.258 e. The fourth-order valence-corrected chi connectivity index (χ4v) is 4.43. The molecule has 1 atom stereocenters. The van der Waals surface area contributed by atoms with Gasteiger partial charge in [0.1, 0.15) is 0 Å². The van der Waals surface area contributed by atoms with Gasteiger partial charge in [-0.25, -0.2) is 0 Å². The Bertz CT molecular complexity index is 1380. The van der Waals surface area contributed by atoms with Crippen LogP contribution in [0.3, 0.4) is 0 Å². The zero-order valence-corrected chi connectivity index (χ0v) is 19.0. The molecule has 0 aliphatic carbocycles. The molecule has 2 heterocycles. The molecule has 34 heavy (non-hydrogen) atoms. The summed E-state index contributed by atoms with van der Waals surface area (Å²) >= 11 is 0. The Labute approximate surface area is 198 Å². The van der Waals surface area contributed by atoms with Gasteiger partial charge in [-0.3, -0.25) is 9.59 Å². The van der Waals surface area contributed by atoms with E-state index in [0.29, 0.717) is 17.8 Å². The fourth-order valence-electron chi connectivity index (χ4n) is 4.43. The summed E-state index contributed by atoms with van der Waals surface area (Å²) in [5, 5.41) is 7.43. The fraction of sp³-hybridized carbons (Fsp3) is 0.185. The Morgan fingerprint density at radius 2 is 1.94 bits per heavy atom. The molecule has 2 amide bonds. The first-order valence-corrected chi connectivity index (χ1v) is 11.4. The van der Waals surface area contributed by atoms with Crippen LogP contribution in [0.1, 0.15) is 23.7 Å². The number of hydrogen-bond acceptors (Lipinski definition) is 4. The van der Waals surface area contributed by atoms with E-state index in [9.17, 15) is 9.59 Å². The molecule has 0 saturated carbocycles. The van der Waals surface area contributed by atoms with E-state index in [1.807, 2.05) is 60.8 Å². The van der Waals surface area contributed by atoms with Gasteiger partial charge in [-0.05, 0) is 66.8 Å². The molecule has 5 N–H and O–H groups in total. The Morgan fingerprint density at radius 3 is 2.79 bits per heavy atom. The van der Waals surface area contributed by atoms with Gasteiger partial charge < -0.3 is 26.3 Å². The molecule has 0 saturated heterocycles.